The van der Waals surface area contributed by atoms with Crippen LogP contribution in [-0.4, -0.2) is 60.1 Å². The van der Waals surface area contributed by atoms with E-state index in [9.17, 15) is 4.79 Å². The quantitative estimate of drug-likeness (QED) is 0.861. The molecule has 0 radical (unpaired) electrons. The van der Waals surface area contributed by atoms with Gasteiger partial charge < -0.3 is 9.64 Å². The average Bonchev–Trinajstić information content (AvgIpc) is 2.69. The lowest BCUT2D eigenvalue weighted by atomic mass is 9.95. The Morgan fingerprint density at radius 2 is 2.00 bits per heavy atom. The SMILES string of the molecule is O=C(C1CCCN(Cc2cccc3cccnc23)C1)N1CCOCC1. The van der Waals surface area contributed by atoms with Gasteiger partial charge in [0.1, 0.15) is 0 Å². The minimum Gasteiger partial charge on any atom is -0.378 e. The fourth-order valence-corrected chi connectivity index (χ4v) is 3.98. The third-order valence-electron chi connectivity index (χ3n) is 5.29. The van der Waals surface area contributed by atoms with Gasteiger partial charge in [-0.25, -0.2) is 0 Å². The Hall–Kier alpha value is -1.98. The van der Waals surface area contributed by atoms with Crippen LogP contribution in [0.3, 0.4) is 0 Å². The van der Waals surface area contributed by atoms with Crippen LogP contribution in [0, 0.1) is 5.92 Å². The van der Waals surface area contributed by atoms with Crippen molar-refractivity contribution >= 4 is 16.8 Å². The summed E-state index contributed by atoms with van der Waals surface area (Å²) in [4.78, 5) is 21.7. The summed E-state index contributed by atoms with van der Waals surface area (Å²) >= 11 is 0. The minimum atomic E-state index is 0.120. The van der Waals surface area contributed by atoms with Crippen molar-refractivity contribution in [3.63, 3.8) is 0 Å². The van der Waals surface area contributed by atoms with E-state index in [0.29, 0.717) is 19.1 Å². The summed E-state index contributed by atoms with van der Waals surface area (Å²) in [5.74, 6) is 0.429. The standard InChI is InChI=1S/C20H25N3O2/c24-20(23-10-12-25-13-11-23)18-7-3-9-22(15-18)14-17-5-1-4-16-6-2-8-21-19(16)17/h1-2,4-6,8,18H,3,7,9-15H2. The number of hydrogen-bond acceptors (Lipinski definition) is 4. The lowest BCUT2D eigenvalue weighted by Gasteiger charge is -2.36. The smallest absolute Gasteiger partial charge is 0.227 e. The fraction of sp³-hybridized carbons (Fsp3) is 0.500. The minimum absolute atomic E-state index is 0.120. The molecule has 5 nitrogen and oxygen atoms in total. The molecule has 2 aliphatic rings. The van der Waals surface area contributed by atoms with E-state index < -0.39 is 0 Å². The summed E-state index contributed by atoms with van der Waals surface area (Å²) < 4.78 is 5.37. The van der Waals surface area contributed by atoms with Crippen LogP contribution < -0.4 is 0 Å². The van der Waals surface area contributed by atoms with Gasteiger partial charge >= 0.3 is 0 Å². The lowest BCUT2D eigenvalue weighted by Crippen LogP contribution is -2.48. The van der Waals surface area contributed by atoms with E-state index in [4.69, 9.17) is 4.74 Å². The summed E-state index contributed by atoms with van der Waals surface area (Å²) in [6.45, 7) is 5.58. The summed E-state index contributed by atoms with van der Waals surface area (Å²) in [6.07, 6.45) is 3.94. The summed E-state index contributed by atoms with van der Waals surface area (Å²) in [5, 5.41) is 1.18. The van der Waals surface area contributed by atoms with Crippen LogP contribution in [0.4, 0.5) is 0 Å². The maximum atomic E-state index is 12.8. The van der Waals surface area contributed by atoms with E-state index in [-0.39, 0.29) is 5.92 Å². The molecular formula is C20H25N3O2. The zero-order valence-electron chi connectivity index (χ0n) is 14.6. The molecule has 0 spiro atoms. The molecule has 1 aromatic heterocycles. The number of morpholine rings is 1. The second-order valence-corrected chi connectivity index (χ2v) is 7.00. The molecule has 1 unspecified atom stereocenters. The van der Waals surface area contributed by atoms with Gasteiger partial charge in [-0.3, -0.25) is 14.7 Å². The Morgan fingerprint density at radius 1 is 1.16 bits per heavy atom. The van der Waals surface area contributed by atoms with E-state index in [1.807, 2.05) is 17.2 Å². The first kappa shape index (κ1) is 16.5. The van der Waals surface area contributed by atoms with Gasteiger partial charge in [-0.05, 0) is 31.0 Å². The number of nitrogens with zero attached hydrogens (tertiary/aromatic N) is 3. The molecule has 2 fully saturated rings. The molecule has 1 amide bonds. The molecule has 1 atom stereocenters. The zero-order valence-corrected chi connectivity index (χ0v) is 14.6. The Kier molecular flexibility index (Phi) is 4.95. The largest absolute Gasteiger partial charge is 0.378 e. The number of hydrogen-bond donors (Lipinski definition) is 0. The van der Waals surface area contributed by atoms with Crippen LogP contribution in [0.5, 0.6) is 0 Å². The summed E-state index contributed by atoms with van der Waals surface area (Å²) in [7, 11) is 0. The number of ether oxygens (including phenoxy) is 1. The van der Waals surface area contributed by atoms with Crippen molar-refractivity contribution in [3.05, 3.63) is 42.1 Å². The Labute approximate surface area is 148 Å². The highest BCUT2D eigenvalue weighted by Crippen LogP contribution is 2.23. The molecule has 25 heavy (non-hydrogen) atoms. The van der Waals surface area contributed by atoms with Gasteiger partial charge in [0.15, 0.2) is 0 Å². The average molecular weight is 339 g/mol. The topological polar surface area (TPSA) is 45.7 Å². The number of likely N-dealkylation sites (tertiary alicyclic amines) is 1. The van der Waals surface area contributed by atoms with Crippen LogP contribution in [0.1, 0.15) is 18.4 Å². The zero-order chi connectivity index (χ0) is 17.1. The fourth-order valence-electron chi connectivity index (χ4n) is 3.98. The first-order chi connectivity index (χ1) is 12.3. The third kappa shape index (κ3) is 3.67. The number of amides is 1. The van der Waals surface area contributed by atoms with E-state index in [1.54, 1.807) is 0 Å². The third-order valence-corrected chi connectivity index (χ3v) is 5.29. The predicted octanol–water partition coefficient (Wildman–Crippen LogP) is 2.31. The van der Waals surface area contributed by atoms with Crippen molar-refractivity contribution in [2.24, 2.45) is 5.92 Å². The van der Waals surface area contributed by atoms with Gasteiger partial charge in [0, 0.05) is 37.8 Å². The first-order valence-electron chi connectivity index (χ1n) is 9.23. The van der Waals surface area contributed by atoms with Crippen molar-refractivity contribution in [1.29, 1.82) is 0 Å². The maximum Gasteiger partial charge on any atom is 0.227 e. The first-order valence-corrected chi connectivity index (χ1v) is 9.23. The molecule has 2 saturated heterocycles. The highest BCUT2D eigenvalue weighted by molar-refractivity contribution is 5.81. The number of carbonyl (C=O) groups is 1. The van der Waals surface area contributed by atoms with Gasteiger partial charge in [-0.15, -0.1) is 0 Å². The van der Waals surface area contributed by atoms with Gasteiger partial charge in [-0.2, -0.15) is 0 Å². The Morgan fingerprint density at radius 3 is 2.88 bits per heavy atom. The molecule has 2 aromatic rings. The summed E-state index contributed by atoms with van der Waals surface area (Å²) in [5.41, 5.74) is 2.32. The number of benzene rings is 1. The highest BCUT2D eigenvalue weighted by atomic mass is 16.5. The number of rotatable bonds is 3. The molecule has 0 N–H and O–H groups in total. The molecular weight excluding hydrogens is 314 g/mol. The van der Waals surface area contributed by atoms with Crippen molar-refractivity contribution in [1.82, 2.24) is 14.8 Å². The molecule has 5 heteroatoms. The molecule has 132 valence electrons. The van der Waals surface area contributed by atoms with Crippen LogP contribution in [0.25, 0.3) is 10.9 Å². The highest BCUT2D eigenvalue weighted by Gasteiger charge is 2.30. The van der Waals surface area contributed by atoms with E-state index in [1.165, 1.54) is 10.9 Å². The molecule has 2 aliphatic heterocycles. The lowest BCUT2D eigenvalue weighted by molar-refractivity contribution is -0.141. The number of pyridine rings is 1. The molecule has 3 heterocycles. The van der Waals surface area contributed by atoms with Crippen molar-refractivity contribution in [2.45, 2.75) is 19.4 Å². The van der Waals surface area contributed by atoms with Gasteiger partial charge in [-0.1, -0.05) is 24.3 Å². The Balaban J connectivity index is 1.45. The molecule has 4 rings (SSSR count). The van der Waals surface area contributed by atoms with E-state index in [2.05, 4.69) is 34.1 Å². The maximum absolute atomic E-state index is 12.8. The van der Waals surface area contributed by atoms with Crippen LogP contribution in [0.15, 0.2) is 36.5 Å². The van der Waals surface area contributed by atoms with Crippen molar-refractivity contribution in [3.8, 4) is 0 Å². The number of fused-ring (bicyclic) bond motifs is 1. The molecule has 0 saturated carbocycles. The number of piperidine rings is 1. The van der Waals surface area contributed by atoms with Crippen molar-refractivity contribution < 1.29 is 9.53 Å². The number of para-hydroxylation sites is 1. The van der Waals surface area contributed by atoms with Crippen molar-refractivity contribution in [2.75, 3.05) is 39.4 Å². The van der Waals surface area contributed by atoms with Gasteiger partial charge in [0.05, 0.1) is 24.6 Å². The Bertz CT molecular complexity index is 737. The normalized spacial score (nSPS) is 22.2. The van der Waals surface area contributed by atoms with E-state index >= 15 is 0 Å². The van der Waals surface area contributed by atoms with E-state index in [0.717, 1.165) is 51.1 Å². The monoisotopic (exact) mass is 339 g/mol. The number of aromatic nitrogens is 1. The molecule has 0 aliphatic carbocycles. The number of carbonyl (C=O) groups excluding carboxylic acids is 1. The molecule has 0 bridgehead atoms. The summed E-state index contributed by atoms with van der Waals surface area (Å²) in [6, 6.07) is 10.4. The van der Waals surface area contributed by atoms with Crippen LogP contribution in [0.2, 0.25) is 0 Å². The second-order valence-electron chi connectivity index (χ2n) is 7.00. The van der Waals surface area contributed by atoms with Crippen LogP contribution in [-0.2, 0) is 16.1 Å². The second kappa shape index (κ2) is 7.50. The van der Waals surface area contributed by atoms with Crippen LogP contribution >= 0.6 is 0 Å². The van der Waals surface area contributed by atoms with Gasteiger partial charge in [0.2, 0.25) is 5.91 Å². The van der Waals surface area contributed by atoms with Gasteiger partial charge in [0.25, 0.3) is 0 Å². The molecule has 1 aromatic carbocycles. The predicted molar refractivity (Wildman–Crippen MR) is 97.1 cm³/mol.